The van der Waals surface area contributed by atoms with Crippen molar-refractivity contribution in [2.24, 2.45) is 0 Å². The molecule has 0 aliphatic carbocycles. The van der Waals surface area contributed by atoms with Gasteiger partial charge in [-0.2, -0.15) is 0 Å². The molecule has 0 bridgehead atoms. The number of hydrogen-bond donors (Lipinski definition) is 1. The summed E-state index contributed by atoms with van der Waals surface area (Å²) in [6.07, 6.45) is 1.87. The molecule has 0 spiro atoms. The fourth-order valence-corrected chi connectivity index (χ4v) is 2.17. The van der Waals surface area contributed by atoms with Crippen molar-refractivity contribution in [2.75, 3.05) is 5.32 Å². The van der Waals surface area contributed by atoms with Crippen molar-refractivity contribution in [3.8, 4) is 0 Å². The lowest BCUT2D eigenvalue weighted by Gasteiger charge is -2.11. The lowest BCUT2D eigenvalue weighted by molar-refractivity contribution is 0.581. The summed E-state index contributed by atoms with van der Waals surface area (Å²) in [7, 11) is 0. The van der Waals surface area contributed by atoms with Gasteiger partial charge in [0.25, 0.3) is 0 Å². The van der Waals surface area contributed by atoms with E-state index in [0.29, 0.717) is 23.0 Å². The Balaban J connectivity index is 2.42. The Morgan fingerprint density at radius 1 is 1.26 bits per heavy atom. The Labute approximate surface area is 122 Å². The average molecular weight is 349 g/mol. The maximum atomic E-state index is 13.7. The molecule has 3 nitrogen and oxygen atoms in total. The molecule has 100 valence electrons. The van der Waals surface area contributed by atoms with E-state index in [-0.39, 0.29) is 10.2 Å². The van der Waals surface area contributed by atoms with Crippen molar-refractivity contribution in [2.45, 2.75) is 13.3 Å². The van der Waals surface area contributed by atoms with Gasteiger partial charge in [0.2, 0.25) is 0 Å². The number of nitrogens with one attached hydrogen (secondary N) is 1. The summed E-state index contributed by atoms with van der Waals surface area (Å²) in [5.41, 5.74) is 0.779. The molecule has 19 heavy (non-hydrogen) atoms. The zero-order valence-electron chi connectivity index (χ0n) is 9.85. The first-order valence-electron chi connectivity index (χ1n) is 5.43. The third-order valence-corrected chi connectivity index (χ3v) is 3.44. The topological polar surface area (TPSA) is 37.8 Å². The van der Waals surface area contributed by atoms with Crippen LogP contribution in [0.5, 0.6) is 0 Å². The molecule has 1 N–H and O–H groups in total. The van der Waals surface area contributed by atoms with E-state index < -0.39 is 11.6 Å². The number of nitrogens with zero attached hydrogens (tertiary/aromatic N) is 2. The second-order valence-electron chi connectivity index (χ2n) is 3.72. The Bertz CT molecular complexity index is 622. The highest BCUT2D eigenvalue weighted by Crippen LogP contribution is 2.28. The van der Waals surface area contributed by atoms with Gasteiger partial charge in [-0.1, -0.05) is 18.5 Å². The number of rotatable bonds is 3. The molecule has 0 atom stereocenters. The van der Waals surface area contributed by atoms with Crippen molar-refractivity contribution >= 4 is 39.0 Å². The van der Waals surface area contributed by atoms with E-state index in [1.54, 1.807) is 0 Å². The van der Waals surface area contributed by atoms with E-state index in [1.165, 1.54) is 12.4 Å². The van der Waals surface area contributed by atoms with Crippen molar-refractivity contribution in [1.82, 2.24) is 9.97 Å². The third kappa shape index (κ3) is 3.01. The number of hydrogen-bond acceptors (Lipinski definition) is 3. The van der Waals surface area contributed by atoms with Gasteiger partial charge in [0, 0.05) is 11.6 Å². The SMILES string of the molecule is CCc1c(Cl)ncnc1Nc1cc(Br)c(F)cc1F. The van der Waals surface area contributed by atoms with E-state index in [0.717, 1.165) is 6.07 Å². The van der Waals surface area contributed by atoms with Crippen LogP contribution in [0.4, 0.5) is 20.3 Å². The fraction of sp³-hybridized carbons (Fsp3) is 0.167. The van der Waals surface area contributed by atoms with E-state index in [4.69, 9.17) is 11.6 Å². The van der Waals surface area contributed by atoms with Crippen LogP contribution < -0.4 is 5.32 Å². The highest BCUT2D eigenvalue weighted by molar-refractivity contribution is 9.10. The molecule has 0 saturated heterocycles. The monoisotopic (exact) mass is 347 g/mol. The first kappa shape index (κ1) is 14.1. The van der Waals surface area contributed by atoms with Crippen LogP contribution in [0.2, 0.25) is 5.15 Å². The largest absolute Gasteiger partial charge is 0.337 e. The summed E-state index contributed by atoms with van der Waals surface area (Å²) in [4.78, 5) is 7.87. The van der Waals surface area contributed by atoms with Gasteiger partial charge < -0.3 is 5.32 Å². The van der Waals surface area contributed by atoms with Gasteiger partial charge in [0.1, 0.15) is 28.9 Å². The van der Waals surface area contributed by atoms with Gasteiger partial charge in [-0.15, -0.1) is 0 Å². The van der Waals surface area contributed by atoms with Gasteiger partial charge in [-0.25, -0.2) is 18.7 Å². The van der Waals surface area contributed by atoms with E-state index in [1.807, 2.05) is 6.92 Å². The minimum atomic E-state index is -0.711. The minimum Gasteiger partial charge on any atom is -0.337 e. The normalized spacial score (nSPS) is 10.6. The van der Waals surface area contributed by atoms with Crippen molar-refractivity contribution in [3.05, 3.63) is 45.3 Å². The average Bonchev–Trinajstić information content (AvgIpc) is 2.36. The van der Waals surface area contributed by atoms with Crippen LogP contribution in [0.1, 0.15) is 12.5 Å². The molecule has 2 aromatic rings. The highest BCUT2D eigenvalue weighted by Gasteiger charge is 2.12. The Morgan fingerprint density at radius 2 is 2.00 bits per heavy atom. The van der Waals surface area contributed by atoms with Crippen LogP contribution in [0, 0.1) is 11.6 Å². The second-order valence-corrected chi connectivity index (χ2v) is 4.93. The summed E-state index contributed by atoms with van der Waals surface area (Å²) in [6.45, 7) is 1.88. The van der Waals surface area contributed by atoms with Crippen molar-refractivity contribution in [1.29, 1.82) is 0 Å². The third-order valence-electron chi connectivity index (χ3n) is 2.51. The molecule has 1 aromatic heterocycles. The molecule has 0 amide bonds. The van der Waals surface area contributed by atoms with Gasteiger partial charge in [-0.3, -0.25) is 0 Å². The fourth-order valence-electron chi connectivity index (χ4n) is 1.56. The van der Waals surface area contributed by atoms with Gasteiger partial charge in [0.05, 0.1) is 10.2 Å². The Morgan fingerprint density at radius 3 is 2.68 bits per heavy atom. The molecular weight excluding hydrogens is 340 g/mol. The quantitative estimate of drug-likeness (QED) is 0.656. The molecular formula is C12H9BrClF2N3. The maximum Gasteiger partial charge on any atom is 0.149 e. The van der Waals surface area contributed by atoms with Crippen molar-refractivity contribution in [3.63, 3.8) is 0 Å². The molecule has 0 aliphatic rings. The predicted molar refractivity (Wildman–Crippen MR) is 73.8 cm³/mol. The van der Waals surface area contributed by atoms with Gasteiger partial charge in [0.15, 0.2) is 0 Å². The van der Waals surface area contributed by atoms with Crippen LogP contribution in [-0.4, -0.2) is 9.97 Å². The zero-order chi connectivity index (χ0) is 14.0. The Kier molecular flexibility index (Phi) is 4.31. The molecule has 1 heterocycles. The molecule has 0 saturated carbocycles. The highest BCUT2D eigenvalue weighted by atomic mass is 79.9. The first-order chi connectivity index (χ1) is 9.02. The van der Waals surface area contributed by atoms with Gasteiger partial charge >= 0.3 is 0 Å². The van der Waals surface area contributed by atoms with E-state index in [2.05, 4.69) is 31.2 Å². The second kappa shape index (κ2) is 5.79. The molecule has 0 unspecified atom stereocenters. The van der Waals surface area contributed by atoms with Crippen LogP contribution in [0.15, 0.2) is 22.9 Å². The van der Waals surface area contributed by atoms with Crippen LogP contribution in [-0.2, 0) is 6.42 Å². The summed E-state index contributed by atoms with van der Waals surface area (Å²) in [5.74, 6) is -0.975. The molecule has 2 rings (SSSR count). The minimum absolute atomic E-state index is 0.109. The molecule has 0 aliphatic heterocycles. The predicted octanol–water partition coefficient (Wildman–Crippen LogP) is 4.48. The van der Waals surface area contributed by atoms with E-state index >= 15 is 0 Å². The van der Waals surface area contributed by atoms with E-state index in [9.17, 15) is 8.78 Å². The zero-order valence-corrected chi connectivity index (χ0v) is 12.2. The molecule has 0 radical (unpaired) electrons. The molecule has 7 heteroatoms. The Hall–Kier alpha value is -1.27. The smallest absolute Gasteiger partial charge is 0.149 e. The van der Waals surface area contributed by atoms with Crippen LogP contribution in [0.3, 0.4) is 0 Å². The maximum absolute atomic E-state index is 13.7. The number of anilines is 2. The lowest BCUT2D eigenvalue weighted by Crippen LogP contribution is -2.02. The first-order valence-corrected chi connectivity index (χ1v) is 6.61. The van der Waals surface area contributed by atoms with Crippen LogP contribution >= 0.6 is 27.5 Å². The number of benzene rings is 1. The molecule has 0 fully saturated rings. The van der Waals surface area contributed by atoms with Crippen LogP contribution in [0.25, 0.3) is 0 Å². The van der Waals surface area contributed by atoms with Crippen molar-refractivity contribution < 1.29 is 8.78 Å². The number of aromatic nitrogens is 2. The summed E-state index contributed by atoms with van der Waals surface area (Å²) < 4.78 is 27.0. The standard InChI is InChI=1S/C12H9BrClF2N3/c1-2-6-11(14)17-5-18-12(6)19-10-3-7(13)8(15)4-9(10)16/h3-5H,2H2,1H3,(H,17,18,19). The van der Waals surface area contributed by atoms with Gasteiger partial charge in [-0.05, 0) is 28.4 Å². The summed E-state index contributed by atoms with van der Waals surface area (Å²) >= 11 is 8.94. The molecule has 1 aromatic carbocycles. The lowest BCUT2D eigenvalue weighted by atomic mass is 10.2. The number of halogens is 4. The summed E-state index contributed by atoms with van der Waals surface area (Å²) in [6, 6.07) is 2.10. The summed E-state index contributed by atoms with van der Waals surface area (Å²) in [5, 5.41) is 3.10.